The molecule has 0 heteroatoms. The third kappa shape index (κ3) is 29.6. The Balaban J connectivity index is -0.000000177. The molecule has 0 amide bonds. The Morgan fingerprint density at radius 1 is 0.786 bits per heavy atom. The highest BCUT2D eigenvalue weighted by molar-refractivity contribution is 4.44. The minimum atomic E-state index is 0. The van der Waals surface area contributed by atoms with Gasteiger partial charge < -0.3 is 0 Å². The van der Waals surface area contributed by atoms with E-state index in [0.29, 0.717) is 0 Å². The van der Waals surface area contributed by atoms with Crippen LogP contribution in [0.25, 0.3) is 0 Å². The van der Waals surface area contributed by atoms with Crippen LogP contribution in [-0.2, 0) is 0 Å². The summed E-state index contributed by atoms with van der Waals surface area (Å²) in [6.45, 7) is 13.5. The molecule has 0 N–H and O–H groups in total. The molecule has 0 saturated carbocycles. The molecule has 0 aliphatic carbocycles. The fraction of sp³-hybridized carbons (Fsp3) is 1.00. The molecular weight excluding hydrogens is 168 g/mol. The minimum absolute atomic E-state index is 0. The molecule has 0 unspecified atom stereocenters. The van der Waals surface area contributed by atoms with Crippen molar-refractivity contribution in [3.8, 4) is 0 Å². The van der Waals surface area contributed by atoms with Gasteiger partial charge in [0.15, 0.2) is 0 Å². The molecule has 0 heterocycles. The van der Waals surface area contributed by atoms with Gasteiger partial charge in [0.05, 0.1) is 0 Å². The van der Waals surface area contributed by atoms with Crippen molar-refractivity contribution in [1.82, 2.24) is 0 Å². The SMILES string of the molecule is C.CCC(C)C.CCCCCC(C)C. The van der Waals surface area contributed by atoms with Crippen LogP contribution < -0.4 is 0 Å². The molecule has 0 aromatic rings. The highest BCUT2D eigenvalue weighted by Gasteiger charge is 1.90. The molecular formula is C14H34. The van der Waals surface area contributed by atoms with E-state index in [1.165, 1.54) is 32.1 Å². The minimum Gasteiger partial charge on any atom is -0.0776 e. The standard InChI is InChI=1S/C8H18.C5H12.CH4/c1-4-5-6-7-8(2)3;1-4-5(2)3;/h8H,4-7H2,1-3H3;5H,4H2,1-3H3;1H4. The van der Waals surface area contributed by atoms with Crippen LogP contribution in [0.15, 0.2) is 0 Å². The number of unbranched alkanes of at least 4 members (excludes halogenated alkanes) is 2. The molecule has 0 aromatic heterocycles. The molecule has 0 aliphatic rings. The lowest BCUT2D eigenvalue weighted by atomic mass is 10.1. The lowest BCUT2D eigenvalue weighted by Crippen LogP contribution is -1.85. The molecule has 0 bridgehead atoms. The fourth-order valence-electron chi connectivity index (χ4n) is 0.803. The van der Waals surface area contributed by atoms with Crippen LogP contribution in [-0.4, -0.2) is 0 Å². The Kier molecular flexibility index (Phi) is 21.6. The first kappa shape index (κ1) is 19.6. The van der Waals surface area contributed by atoms with Gasteiger partial charge in [-0.25, -0.2) is 0 Å². The summed E-state index contributed by atoms with van der Waals surface area (Å²) in [6, 6.07) is 0. The van der Waals surface area contributed by atoms with E-state index in [1.807, 2.05) is 0 Å². The second kappa shape index (κ2) is 15.5. The predicted molar refractivity (Wildman–Crippen MR) is 70.8 cm³/mol. The van der Waals surface area contributed by atoms with Gasteiger partial charge in [-0.1, -0.05) is 81.1 Å². The van der Waals surface area contributed by atoms with Crippen LogP contribution in [0, 0.1) is 11.8 Å². The molecule has 0 fully saturated rings. The zero-order chi connectivity index (χ0) is 10.7. The summed E-state index contributed by atoms with van der Waals surface area (Å²) in [6.07, 6.45) is 6.91. The third-order valence-electron chi connectivity index (χ3n) is 2.20. The van der Waals surface area contributed by atoms with E-state index in [-0.39, 0.29) is 7.43 Å². The summed E-state index contributed by atoms with van der Waals surface area (Å²) in [5.41, 5.74) is 0. The lowest BCUT2D eigenvalue weighted by Gasteiger charge is -2.00. The van der Waals surface area contributed by atoms with Crippen molar-refractivity contribution in [2.45, 2.75) is 81.1 Å². The van der Waals surface area contributed by atoms with Crippen molar-refractivity contribution in [3.63, 3.8) is 0 Å². The Bertz CT molecular complexity index is 72.1. The summed E-state index contributed by atoms with van der Waals surface area (Å²) in [5.74, 6) is 1.79. The summed E-state index contributed by atoms with van der Waals surface area (Å²) < 4.78 is 0. The molecule has 0 radical (unpaired) electrons. The van der Waals surface area contributed by atoms with Crippen molar-refractivity contribution < 1.29 is 0 Å². The van der Waals surface area contributed by atoms with E-state index in [1.54, 1.807) is 0 Å². The van der Waals surface area contributed by atoms with E-state index < -0.39 is 0 Å². The van der Waals surface area contributed by atoms with Crippen LogP contribution in [0.4, 0.5) is 0 Å². The molecule has 0 atom stereocenters. The summed E-state index contributed by atoms with van der Waals surface area (Å²) >= 11 is 0. The van der Waals surface area contributed by atoms with Gasteiger partial charge in [-0.05, 0) is 11.8 Å². The Morgan fingerprint density at radius 2 is 1.21 bits per heavy atom. The highest BCUT2D eigenvalue weighted by Crippen LogP contribution is 2.06. The van der Waals surface area contributed by atoms with Crippen molar-refractivity contribution in [2.24, 2.45) is 11.8 Å². The van der Waals surface area contributed by atoms with Gasteiger partial charge in [0, 0.05) is 0 Å². The zero-order valence-electron chi connectivity index (χ0n) is 10.7. The maximum Gasteiger partial charge on any atom is -0.0471 e. The second-order valence-electron chi connectivity index (χ2n) is 4.69. The van der Waals surface area contributed by atoms with Crippen LogP contribution in [0.1, 0.15) is 81.1 Å². The molecule has 0 rings (SSSR count). The lowest BCUT2D eigenvalue weighted by molar-refractivity contribution is 0.534. The molecule has 14 heavy (non-hydrogen) atoms. The largest absolute Gasteiger partial charge is 0.0776 e. The predicted octanol–water partition coefficient (Wildman–Crippen LogP) is 5.91. The first-order valence-corrected chi connectivity index (χ1v) is 6.04. The van der Waals surface area contributed by atoms with Gasteiger partial charge in [0.2, 0.25) is 0 Å². The van der Waals surface area contributed by atoms with Crippen LogP contribution in [0.2, 0.25) is 0 Å². The van der Waals surface area contributed by atoms with Crippen molar-refractivity contribution >= 4 is 0 Å². The van der Waals surface area contributed by atoms with Gasteiger partial charge in [-0.3, -0.25) is 0 Å². The fourth-order valence-corrected chi connectivity index (χ4v) is 0.803. The average Bonchev–Trinajstić information content (AvgIpc) is 2.05. The normalized spacial score (nSPS) is 9.43. The molecule has 90 valence electrons. The van der Waals surface area contributed by atoms with E-state index in [0.717, 1.165) is 11.8 Å². The monoisotopic (exact) mass is 202 g/mol. The van der Waals surface area contributed by atoms with Crippen LogP contribution >= 0.6 is 0 Å². The molecule has 0 saturated heterocycles. The smallest absolute Gasteiger partial charge is 0.0471 e. The number of rotatable bonds is 5. The zero-order valence-corrected chi connectivity index (χ0v) is 10.7. The van der Waals surface area contributed by atoms with E-state index in [2.05, 4.69) is 41.5 Å². The first-order chi connectivity index (χ1) is 6.04. The molecule has 0 nitrogen and oxygen atoms in total. The maximum atomic E-state index is 2.29. The second-order valence-corrected chi connectivity index (χ2v) is 4.69. The Hall–Kier alpha value is 0. The third-order valence-corrected chi connectivity index (χ3v) is 2.20. The van der Waals surface area contributed by atoms with Crippen LogP contribution in [0.5, 0.6) is 0 Å². The van der Waals surface area contributed by atoms with Gasteiger partial charge in [-0.2, -0.15) is 0 Å². The maximum absolute atomic E-state index is 2.29. The summed E-state index contributed by atoms with van der Waals surface area (Å²) in [5, 5.41) is 0. The van der Waals surface area contributed by atoms with Crippen molar-refractivity contribution in [3.05, 3.63) is 0 Å². The topological polar surface area (TPSA) is 0 Å². The molecule has 0 spiro atoms. The molecule has 0 aromatic carbocycles. The van der Waals surface area contributed by atoms with Gasteiger partial charge in [0.25, 0.3) is 0 Å². The van der Waals surface area contributed by atoms with Gasteiger partial charge in [-0.15, -0.1) is 0 Å². The summed E-state index contributed by atoms with van der Waals surface area (Å²) in [7, 11) is 0. The first-order valence-electron chi connectivity index (χ1n) is 6.04. The Morgan fingerprint density at radius 3 is 1.43 bits per heavy atom. The van der Waals surface area contributed by atoms with E-state index >= 15 is 0 Å². The van der Waals surface area contributed by atoms with E-state index in [4.69, 9.17) is 0 Å². The molecule has 0 aliphatic heterocycles. The van der Waals surface area contributed by atoms with E-state index in [9.17, 15) is 0 Å². The average molecular weight is 202 g/mol. The van der Waals surface area contributed by atoms with Crippen LogP contribution in [0.3, 0.4) is 0 Å². The number of hydrogen-bond donors (Lipinski definition) is 0. The van der Waals surface area contributed by atoms with Crippen molar-refractivity contribution in [1.29, 1.82) is 0 Å². The highest BCUT2D eigenvalue weighted by atomic mass is 14.0. The van der Waals surface area contributed by atoms with Gasteiger partial charge in [0.1, 0.15) is 0 Å². The van der Waals surface area contributed by atoms with Gasteiger partial charge >= 0.3 is 0 Å². The number of hydrogen-bond acceptors (Lipinski definition) is 0. The van der Waals surface area contributed by atoms with Crippen molar-refractivity contribution in [2.75, 3.05) is 0 Å². The Labute approximate surface area is 93.5 Å². The quantitative estimate of drug-likeness (QED) is 0.486. The summed E-state index contributed by atoms with van der Waals surface area (Å²) in [4.78, 5) is 0.